The smallest absolute Gasteiger partial charge is 0.225 e. The van der Waals surface area contributed by atoms with E-state index in [-0.39, 0.29) is 0 Å². The molecule has 0 bridgehead atoms. The number of hydrogen-bond donors (Lipinski definition) is 2. The Balaban J connectivity index is 1.34. The molecule has 0 saturated carbocycles. The predicted octanol–water partition coefficient (Wildman–Crippen LogP) is 1.42. The molecule has 2 fully saturated rings. The molecule has 0 aromatic carbocycles. The van der Waals surface area contributed by atoms with Crippen molar-refractivity contribution in [3.05, 3.63) is 18.5 Å². The molecule has 3 heterocycles. The van der Waals surface area contributed by atoms with Gasteiger partial charge in [0.25, 0.3) is 0 Å². The lowest BCUT2D eigenvalue weighted by Crippen LogP contribution is -2.49. The molecule has 168 valence electrons. The van der Waals surface area contributed by atoms with Crippen LogP contribution in [-0.4, -0.2) is 97.2 Å². The highest BCUT2D eigenvalue weighted by atomic mass is 15.3. The Labute approximate surface area is 182 Å². The van der Waals surface area contributed by atoms with Gasteiger partial charge in [-0.15, -0.1) is 0 Å². The third-order valence-electron chi connectivity index (χ3n) is 5.92. The first kappa shape index (κ1) is 22.7. The molecule has 2 aliphatic rings. The lowest BCUT2D eigenvalue weighted by atomic mass is 10.1. The molecule has 2 saturated heterocycles. The predicted molar refractivity (Wildman–Crippen MR) is 124 cm³/mol. The first-order valence-corrected chi connectivity index (χ1v) is 11.8. The van der Waals surface area contributed by atoms with Crippen LogP contribution in [0.25, 0.3) is 0 Å². The average Bonchev–Trinajstić information content (AvgIpc) is 2.79. The molecule has 30 heavy (non-hydrogen) atoms. The molecular weight excluding hydrogens is 376 g/mol. The largest absolute Gasteiger partial charge is 0.357 e. The van der Waals surface area contributed by atoms with E-state index in [1.165, 1.54) is 38.9 Å². The Bertz CT molecular complexity index is 607. The van der Waals surface area contributed by atoms with Gasteiger partial charge in [0.05, 0.1) is 0 Å². The standard InChI is InChI=1S/C22H40N8/c1-3-12-28-14-7-20(8-15-28)27-21(23-4-2)24-11-6-13-29-16-18-30(19-17-29)22-25-9-5-10-26-22/h5,9-10,20H,3-4,6-8,11-19H2,1-2H3,(H2,23,24,27). The summed E-state index contributed by atoms with van der Waals surface area (Å²) in [6.45, 7) is 15.0. The van der Waals surface area contributed by atoms with Crippen molar-refractivity contribution in [2.24, 2.45) is 4.99 Å². The Hall–Kier alpha value is -1.93. The summed E-state index contributed by atoms with van der Waals surface area (Å²) in [5.41, 5.74) is 0. The van der Waals surface area contributed by atoms with Crippen LogP contribution in [0.3, 0.4) is 0 Å². The number of piperidine rings is 1. The fraction of sp³-hybridized carbons (Fsp3) is 0.773. The van der Waals surface area contributed by atoms with E-state index in [2.05, 4.69) is 49.1 Å². The van der Waals surface area contributed by atoms with Crippen molar-refractivity contribution in [2.45, 2.75) is 45.6 Å². The number of guanidine groups is 1. The third-order valence-corrected chi connectivity index (χ3v) is 5.92. The van der Waals surface area contributed by atoms with Crippen LogP contribution in [-0.2, 0) is 0 Å². The summed E-state index contributed by atoms with van der Waals surface area (Å²) < 4.78 is 0. The van der Waals surface area contributed by atoms with Crippen molar-refractivity contribution in [3.8, 4) is 0 Å². The highest BCUT2D eigenvalue weighted by Crippen LogP contribution is 2.11. The van der Waals surface area contributed by atoms with Gasteiger partial charge in [0, 0.05) is 77.3 Å². The van der Waals surface area contributed by atoms with Crippen LogP contribution in [0, 0.1) is 0 Å². The number of nitrogens with zero attached hydrogens (tertiary/aromatic N) is 6. The molecule has 0 amide bonds. The molecule has 0 atom stereocenters. The van der Waals surface area contributed by atoms with E-state index in [0.717, 1.165) is 64.1 Å². The lowest BCUT2D eigenvalue weighted by Gasteiger charge is -2.34. The molecule has 8 nitrogen and oxygen atoms in total. The van der Waals surface area contributed by atoms with Crippen molar-refractivity contribution in [3.63, 3.8) is 0 Å². The van der Waals surface area contributed by atoms with Gasteiger partial charge in [-0.25, -0.2) is 9.97 Å². The Morgan fingerprint density at radius 2 is 1.70 bits per heavy atom. The van der Waals surface area contributed by atoms with Crippen molar-refractivity contribution in [2.75, 3.05) is 70.3 Å². The van der Waals surface area contributed by atoms with Gasteiger partial charge in [-0.3, -0.25) is 9.89 Å². The minimum absolute atomic E-state index is 0.546. The Morgan fingerprint density at radius 3 is 2.37 bits per heavy atom. The molecule has 0 radical (unpaired) electrons. The van der Waals surface area contributed by atoms with Crippen LogP contribution in [0.2, 0.25) is 0 Å². The van der Waals surface area contributed by atoms with Crippen molar-refractivity contribution >= 4 is 11.9 Å². The summed E-state index contributed by atoms with van der Waals surface area (Å²) in [5, 5.41) is 7.08. The van der Waals surface area contributed by atoms with Crippen LogP contribution in [0.1, 0.15) is 39.5 Å². The van der Waals surface area contributed by atoms with Gasteiger partial charge in [-0.05, 0) is 45.2 Å². The van der Waals surface area contributed by atoms with Gasteiger partial charge in [0.15, 0.2) is 5.96 Å². The average molecular weight is 417 g/mol. The van der Waals surface area contributed by atoms with Gasteiger partial charge in [0.1, 0.15) is 0 Å². The number of rotatable bonds is 9. The second-order valence-electron chi connectivity index (χ2n) is 8.25. The van der Waals surface area contributed by atoms with Crippen molar-refractivity contribution < 1.29 is 0 Å². The zero-order valence-electron chi connectivity index (χ0n) is 18.9. The summed E-state index contributed by atoms with van der Waals surface area (Å²) in [6.07, 6.45) is 8.39. The van der Waals surface area contributed by atoms with Crippen molar-refractivity contribution in [1.29, 1.82) is 0 Å². The van der Waals surface area contributed by atoms with Gasteiger partial charge < -0.3 is 20.4 Å². The van der Waals surface area contributed by atoms with E-state index in [4.69, 9.17) is 4.99 Å². The number of nitrogens with one attached hydrogen (secondary N) is 2. The molecule has 3 rings (SSSR count). The summed E-state index contributed by atoms with van der Waals surface area (Å²) in [4.78, 5) is 20.9. The Morgan fingerprint density at radius 1 is 1.00 bits per heavy atom. The summed E-state index contributed by atoms with van der Waals surface area (Å²) >= 11 is 0. The lowest BCUT2D eigenvalue weighted by molar-refractivity contribution is 0.206. The third kappa shape index (κ3) is 7.40. The maximum Gasteiger partial charge on any atom is 0.225 e. The van der Waals surface area contributed by atoms with Crippen LogP contribution in [0.4, 0.5) is 5.95 Å². The van der Waals surface area contributed by atoms with E-state index in [1.807, 2.05) is 18.5 Å². The first-order chi connectivity index (χ1) is 14.8. The number of anilines is 1. The highest BCUT2D eigenvalue weighted by molar-refractivity contribution is 5.80. The molecule has 1 aromatic heterocycles. The van der Waals surface area contributed by atoms with Gasteiger partial charge >= 0.3 is 0 Å². The fourth-order valence-corrected chi connectivity index (χ4v) is 4.24. The van der Waals surface area contributed by atoms with Gasteiger partial charge in [-0.1, -0.05) is 6.92 Å². The second kappa shape index (κ2) is 12.7. The van der Waals surface area contributed by atoms with Gasteiger partial charge in [0.2, 0.25) is 5.95 Å². The molecule has 8 heteroatoms. The van der Waals surface area contributed by atoms with Crippen LogP contribution in [0.5, 0.6) is 0 Å². The molecule has 0 spiro atoms. The van der Waals surface area contributed by atoms with Crippen LogP contribution >= 0.6 is 0 Å². The minimum atomic E-state index is 0.546. The highest BCUT2D eigenvalue weighted by Gasteiger charge is 2.20. The van der Waals surface area contributed by atoms with E-state index < -0.39 is 0 Å². The summed E-state index contributed by atoms with van der Waals surface area (Å²) in [6, 6.07) is 2.41. The number of piperazine rings is 1. The molecular formula is C22H40N8. The topological polar surface area (TPSA) is 71.9 Å². The number of aromatic nitrogens is 2. The minimum Gasteiger partial charge on any atom is -0.357 e. The molecule has 0 unspecified atom stereocenters. The first-order valence-electron chi connectivity index (χ1n) is 11.8. The number of aliphatic imine (C=N–C) groups is 1. The fourth-order valence-electron chi connectivity index (χ4n) is 4.24. The van der Waals surface area contributed by atoms with E-state index in [1.54, 1.807) is 0 Å². The zero-order valence-corrected chi connectivity index (χ0v) is 18.9. The molecule has 1 aromatic rings. The molecule has 0 aliphatic carbocycles. The normalized spacial score (nSPS) is 19.8. The monoisotopic (exact) mass is 416 g/mol. The molecule has 2 N–H and O–H groups in total. The van der Waals surface area contributed by atoms with E-state index >= 15 is 0 Å². The van der Waals surface area contributed by atoms with Crippen LogP contribution < -0.4 is 15.5 Å². The van der Waals surface area contributed by atoms with Gasteiger partial charge in [-0.2, -0.15) is 0 Å². The Kier molecular flexibility index (Phi) is 9.63. The SMILES string of the molecule is CCCN1CCC(NC(=NCCCN2CCN(c3ncccn3)CC2)NCC)CC1. The van der Waals surface area contributed by atoms with Crippen LogP contribution in [0.15, 0.2) is 23.5 Å². The zero-order chi connectivity index (χ0) is 21.0. The maximum absolute atomic E-state index is 4.83. The number of likely N-dealkylation sites (tertiary alicyclic amines) is 1. The summed E-state index contributed by atoms with van der Waals surface area (Å²) in [7, 11) is 0. The maximum atomic E-state index is 4.83. The van der Waals surface area contributed by atoms with E-state index in [0.29, 0.717) is 6.04 Å². The number of hydrogen-bond acceptors (Lipinski definition) is 6. The van der Waals surface area contributed by atoms with Crippen molar-refractivity contribution in [1.82, 2.24) is 30.4 Å². The molecule has 2 aliphatic heterocycles. The second-order valence-corrected chi connectivity index (χ2v) is 8.25. The quantitative estimate of drug-likeness (QED) is 0.358. The summed E-state index contributed by atoms with van der Waals surface area (Å²) in [5.74, 6) is 1.83. The van der Waals surface area contributed by atoms with E-state index in [9.17, 15) is 0 Å².